The molecule has 6 nitrogen and oxygen atoms in total. The molecule has 4 rings (SSSR count). The molecular weight excluding hydrogens is 420 g/mol. The van der Waals surface area contributed by atoms with Crippen molar-refractivity contribution in [1.82, 2.24) is 14.9 Å². The van der Waals surface area contributed by atoms with Crippen molar-refractivity contribution in [3.8, 4) is 0 Å². The molecule has 0 aliphatic heterocycles. The molecule has 1 heterocycles. The van der Waals surface area contributed by atoms with Gasteiger partial charge in [0.15, 0.2) is 5.69 Å². The fourth-order valence-corrected chi connectivity index (χ4v) is 4.45. The smallest absolute Gasteiger partial charge is 0.280 e. The van der Waals surface area contributed by atoms with E-state index in [1.165, 1.54) is 4.90 Å². The summed E-state index contributed by atoms with van der Waals surface area (Å²) in [5.74, 6) is -0.656. The summed E-state index contributed by atoms with van der Waals surface area (Å²) >= 11 is 7.56. The molecule has 0 saturated heterocycles. The molecule has 2 aromatic carbocycles. The minimum Gasteiger partial charge on any atom is -0.351 e. The van der Waals surface area contributed by atoms with E-state index in [-0.39, 0.29) is 17.6 Å². The van der Waals surface area contributed by atoms with Crippen molar-refractivity contribution < 1.29 is 9.59 Å². The zero-order valence-corrected chi connectivity index (χ0v) is 17.8. The Kier molecular flexibility index (Phi) is 6.40. The van der Waals surface area contributed by atoms with Crippen LogP contribution in [0.3, 0.4) is 0 Å². The van der Waals surface area contributed by atoms with Crippen LogP contribution >= 0.6 is 23.1 Å². The number of nitrogens with one attached hydrogen (secondary N) is 1. The van der Waals surface area contributed by atoms with Crippen molar-refractivity contribution in [2.45, 2.75) is 37.8 Å². The molecule has 3 aromatic rings. The molecule has 8 heteroatoms. The first-order chi connectivity index (χ1) is 14.6. The fourth-order valence-electron chi connectivity index (χ4n) is 3.80. The quantitative estimate of drug-likeness (QED) is 0.606. The van der Waals surface area contributed by atoms with Crippen molar-refractivity contribution in [2.75, 3.05) is 4.90 Å². The zero-order chi connectivity index (χ0) is 20.9. The van der Waals surface area contributed by atoms with Crippen LogP contribution in [-0.2, 0) is 4.79 Å². The highest BCUT2D eigenvalue weighted by Crippen LogP contribution is 2.34. The Morgan fingerprint density at radius 1 is 1.07 bits per heavy atom. The summed E-state index contributed by atoms with van der Waals surface area (Å²) in [4.78, 5) is 28.5. The second-order valence-corrected chi connectivity index (χ2v) is 8.24. The van der Waals surface area contributed by atoms with Gasteiger partial charge in [-0.15, -0.1) is 5.10 Å². The van der Waals surface area contributed by atoms with Crippen molar-refractivity contribution >= 4 is 40.6 Å². The summed E-state index contributed by atoms with van der Waals surface area (Å²) in [6.45, 7) is 0. The number of nitrogens with zero attached hydrogens (tertiary/aromatic N) is 3. The number of rotatable bonds is 6. The van der Waals surface area contributed by atoms with Crippen molar-refractivity contribution in [3.63, 3.8) is 0 Å². The van der Waals surface area contributed by atoms with Gasteiger partial charge < -0.3 is 5.32 Å². The number of para-hydroxylation sites is 1. The number of benzene rings is 2. The number of carbonyl (C=O) groups is 2. The predicted octanol–water partition coefficient (Wildman–Crippen LogP) is 4.64. The van der Waals surface area contributed by atoms with E-state index in [1.54, 1.807) is 29.6 Å². The van der Waals surface area contributed by atoms with Gasteiger partial charge in [-0.1, -0.05) is 71.4 Å². The molecular formula is C22H21ClN4O2S. The van der Waals surface area contributed by atoms with Crippen LogP contribution in [-0.4, -0.2) is 27.4 Å². The summed E-state index contributed by atoms with van der Waals surface area (Å²) in [7, 11) is 0. The van der Waals surface area contributed by atoms with Crippen LogP contribution < -0.4 is 10.2 Å². The highest BCUT2D eigenvalue weighted by atomic mass is 35.5. The molecule has 0 bridgehead atoms. The monoisotopic (exact) mass is 440 g/mol. The molecule has 1 atom stereocenters. The first kappa shape index (κ1) is 20.5. The molecule has 1 N–H and O–H groups in total. The first-order valence-electron chi connectivity index (χ1n) is 9.85. The number of aromatic nitrogens is 2. The Bertz CT molecular complexity index is 1010. The minimum atomic E-state index is -0.888. The van der Waals surface area contributed by atoms with E-state index in [4.69, 9.17) is 11.6 Å². The van der Waals surface area contributed by atoms with Crippen LogP contribution in [0.5, 0.6) is 0 Å². The van der Waals surface area contributed by atoms with Gasteiger partial charge in [0, 0.05) is 11.4 Å². The summed E-state index contributed by atoms with van der Waals surface area (Å²) in [6, 6.07) is 15.5. The predicted molar refractivity (Wildman–Crippen MR) is 118 cm³/mol. The molecule has 2 amide bonds. The summed E-state index contributed by atoms with van der Waals surface area (Å²) in [5.41, 5.74) is 1.33. The van der Waals surface area contributed by atoms with Gasteiger partial charge in [-0.3, -0.25) is 14.5 Å². The molecule has 30 heavy (non-hydrogen) atoms. The van der Waals surface area contributed by atoms with Crippen molar-refractivity contribution in [1.29, 1.82) is 0 Å². The third-order valence-corrected chi connectivity index (χ3v) is 6.06. The normalized spacial score (nSPS) is 15.0. The van der Waals surface area contributed by atoms with E-state index < -0.39 is 11.9 Å². The average Bonchev–Trinajstić information content (AvgIpc) is 3.47. The van der Waals surface area contributed by atoms with E-state index in [0.717, 1.165) is 37.2 Å². The fraction of sp³-hybridized carbons (Fsp3) is 0.273. The Labute approximate surface area is 184 Å². The number of carbonyl (C=O) groups excluding carboxylic acids is 2. The van der Waals surface area contributed by atoms with Gasteiger partial charge >= 0.3 is 0 Å². The van der Waals surface area contributed by atoms with E-state index in [1.807, 2.05) is 30.3 Å². The van der Waals surface area contributed by atoms with E-state index >= 15 is 0 Å². The highest BCUT2D eigenvalue weighted by Gasteiger charge is 2.36. The van der Waals surface area contributed by atoms with E-state index in [0.29, 0.717) is 16.3 Å². The van der Waals surface area contributed by atoms with Crippen LogP contribution in [0.15, 0.2) is 60.0 Å². The topological polar surface area (TPSA) is 75.2 Å². The second-order valence-electron chi connectivity index (χ2n) is 7.22. The lowest BCUT2D eigenvalue weighted by atomic mass is 10.0. The van der Waals surface area contributed by atoms with Crippen molar-refractivity contribution in [2.24, 2.45) is 0 Å². The molecule has 0 radical (unpaired) electrons. The summed E-state index contributed by atoms with van der Waals surface area (Å²) in [6.07, 6.45) is 4.09. The summed E-state index contributed by atoms with van der Waals surface area (Å²) < 4.78 is 3.81. The highest BCUT2D eigenvalue weighted by molar-refractivity contribution is 7.03. The number of anilines is 1. The second kappa shape index (κ2) is 9.36. The van der Waals surface area contributed by atoms with Gasteiger partial charge in [-0.05, 0) is 42.1 Å². The van der Waals surface area contributed by atoms with Gasteiger partial charge in [0.05, 0.1) is 10.7 Å². The maximum absolute atomic E-state index is 13.5. The standard InChI is InChI=1S/C22H21ClN4O2S/c23-17-12-6-7-13-19(17)27(22(29)18-14-30-26-25-18)20(15-8-2-1-3-9-15)21(28)24-16-10-4-5-11-16/h1-3,6-9,12-14,16,20H,4-5,10-11H2,(H,24,28)/t20-/m1/s1. The maximum Gasteiger partial charge on any atom is 0.280 e. The Hall–Kier alpha value is -2.77. The number of hydrogen-bond acceptors (Lipinski definition) is 5. The lowest BCUT2D eigenvalue weighted by molar-refractivity contribution is -0.123. The summed E-state index contributed by atoms with van der Waals surface area (Å²) in [5, 5.41) is 9.02. The first-order valence-corrected chi connectivity index (χ1v) is 11.1. The van der Waals surface area contributed by atoms with Gasteiger partial charge in [0.25, 0.3) is 5.91 Å². The van der Waals surface area contributed by atoms with E-state index in [9.17, 15) is 9.59 Å². The van der Waals surface area contributed by atoms with Gasteiger partial charge in [0.1, 0.15) is 6.04 Å². The lowest BCUT2D eigenvalue weighted by Gasteiger charge is -2.32. The molecule has 1 aliphatic carbocycles. The average molecular weight is 441 g/mol. The van der Waals surface area contributed by atoms with Crippen LogP contribution in [0.1, 0.15) is 47.8 Å². The van der Waals surface area contributed by atoms with Gasteiger partial charge in [-0.25, -0.2) is 0 Å². The molecule has 1 saturated carbocycles. The van der Waals surface area contributed by atoms with E-state index in [2.05, 4.69) is 14.9 Å². The Morgan fingerprint density at radius 3 is 2.43 bits per heavy atom. The van der Waals surface area contributed by atoms with Gasteiger partial charge in [0.2, 0.25) is 5.91 Å². The van der Waals surface area contributed by atoms with Crippen molar-refractivity contribution in [3.05, 3.63) is 76.3 Å². The Balaban J connectivity index is 1.80. The third-order valence-electron chi connectivity index (χ3n) is 5.23. The van der Waals surface area contributed by atoms with Gasteiger partial charge in [-0.2, -0.15) is 0 Å². The molecule has 1 aliphatic rings. The van der Waals surface area contributed by atoms with Crippen LogP contribution in [0.4, 0.5) is 5.69 Å². The number of halogens is 1. The van der Waals surface area contributed by atoms with Crippen LogP contribution in [0.2, 0.25) is 5.02 Å². The largest absolute Gasteiger partial charge is 0.351 e. The molecule has 0 spiro atoms. The molecule has 1 fully saturated rings. The van der Waals surface area contributed by atoms with Crippen LogP contribution in [0.25, 0.3) is 0 Å². The SMILES string of the molecule is O=C(NC1CCCC1)[C@@H](c1ccccc1)N(C(=O)c1csnn1)c1ccccc1Cl. The molecule has 0 unspecified atom stereocenters. The minimum absolute atomic E-state index is 0.118. The third kappa shape index (κ3) is 4.37. The number of hydrogen-bond donors (Lipinski definition) is 1. The lowest BCUT2D eigenvalue weighted by Crippen LogP contribution is -2.46. The zero-order valence-electron chi connectivity index (χ0n) is 16.2. The molecule has 154 valence electrons. The Morgan fingerprint density at radius 2 is 1.77 bits per heavy atom. The maximum atomic E-state index is 13.5. The number of amides is 2. The molecule has 1 aromatic heterocycles. The van der Waals surface area contributed by atoms with Crippen LogP contribution in [0, 0.1) is 0 Å².